The molecule has 7 nitrogen and oxygen atoms in total. The van der Waals surface area contributed by atoms with E-state index in [0.29, 0.717) is 17.9 Å². The Balaban J connectivity index is 1.46. The average Bonchev–Trinajstić information content (AvgIpc) is 3.35. The largest absolute Gasteiger partial charge is 0.450 e. The van der Waals surface area contributed by atoms with E-state index in [-0.39, 0.29) is 0 Å². The first-order valence-corrected chi connectivity index (χ1v) is 8.19. The first-order valence-electron chi connectivity index (χ1n) is 8.19. The number of nitrogens with zero attached hydrogens (tertiary/aromatic N) is 5. The summed E-state index contributed by atoms with van der Waals surface area (Å²) in [6, 6.07) is 13.6. The Morgan fingerprint density at radius 3 is 2.88 bits per heavy atom. The van der Waals surface area contributed by atoms with Gasteiger partial charge in [0, 0.05) is 30.5 Å². The van der Waals surface area contributed by atoms with Gasteiger partial charge in [0.05, 0.1) is 0 Å². The fraction of sp³-hybridized carbons (Fsp3) is 0.0526. The molecule has 0 bridgehead atoms. The molecular formula is C19H14N6O. The van der Waals surface area contributed by atoms with Crippen molar-refractivity contribution in [2.24, 2.45) is 0 Å². The molecule has 26 heavy (non-hydrogen) atoms. The molecule has 0 amide bonds. The van der Waals surface area contributed by atoms with Crippen molar-refractivity contribution in [2.75, 3.05) is 5.32 Å². The number of hydrogen-bond acceptors (Lipinski definition) is 6. The van der Waals surface area contributed by atoms with Gasteiger partial charge in [-0.25, -0.2) is 19.6 Å². The molecule has 0 fully saturated rings. The molecule has 1 aromatic carbocycles. The molecule has 5 aromatic rings. The highest BCUT2D eigenvalue weighted by atomic mass is 16.3. The summed E-state index contributed by atoms with van der Waals surface area (Å²) in [6.45, 7) is 0.583. The Kier molecular flexibility index (Phi) is 3.35. The van der Waals surface area contributed by atoms with Gasteiger partial charge in [0.1, 0.15) is 17.4 Å². The van der Waals surface area contributed by atoms with Crippen LogP contribution in [0.1, 0.15) is 5.56 Å². The molecule has 0 spiro atoms. The van der Waals surface area contributed by atoms with Crippen LogP contribution in [0.3, 0.4) is 0 Å². The third kappa shape index (κ3) is 2.46. The molecule has 126 valence electrons. The highest BCUT2D eigenvalue weighted by Gasteiger charge is 2.12. The van der Waals surface area contributed by atoms with Crippen LogP contribution in [0.4, 0.5) is 5.82 Å². The van der Waals surface area contributed by atoms with Crippen LogP contribution in [0.25, 0.3) is 27.9 Å². The number of benzene rings is 1. The van der Waals surface area contributed by atoms with Crippen molar-refractivity contribution in [3.63, 3.8) is 0 Å². The van der Waals surface area contributed by atoms with Crippen LogP contribution in [0.2, 0.25) is 0 Å². The lowest BCUT2D eigenvalue weighted by atomic mass is 10.2. The average molecular weight is 342 g/mol. The summed E-state index contributed by atoms with van der Waals surface area (Å²) in [6.07, 6.45) is 6.91. The molecule has 0 aliphatic carbocycles. The minimum atomic E-state index is 0.583. The maximum Gasteiger partial charge on any atom is 0.196 e. The molecule has 1 N–H and O–H groups in total. The lowest BCUT2D eigenvalue weighted by Crippen LogP contribution is -2.04. The van der Waals surface area contributed by atoms with Crippen molar-refractivity contribution in [3.8, 4) is 5.82 Å². The SMILES string of the molecule is c1ccc2c(c1)oc1c(NCc3ccnc(-n4cccn4)c3)ncnc12. The van der Waals surface area contributed by atoms with E-state index in [0.717, 1.165) is 27.9 Å². The Bertz CT molecular complexity index is 1200. The molecule has 0 radical (unpaired) electrons. The molecule has 0 saturated heterocycles. The van der Waals surface area contributed by atoms with Gasteiger partial charge in [0.15, 0.2) is 17.2 Å². The molecule has 7 heteroatoms. The normalized spacial score (nSPS) is 11.2. The van der Waals surface area contributed by atoms with Crippen LogP contribution in [-0.2, 0) is 6.54 Å². The lowest BCUT2D eigenvalue weighted by Gasteiger charge is -2.07. The van der Waals surface area contributed by atoms with Crippen molar-refractivity contribution >= 4 is 27.9 Å². The first kappa shape index (κ1) is 14.6. The molecule has 0 saturated carbocycles. The standard InChI is InChI=1S/C19H14N6O/c1-2-5-15-14(4-1)17-18(26-15)19(23-12-22-17)21-11-13-6-8-20-16(10-13)25-9-3-7-24-25/h1-10,12H,11H2,(H,21,22,23). The van der Waals surface area contributed by atoms with Gasteiger partial charge in [-0.1, -0.05) is 12.1 Å². The predicted molar refractivity (Wildman–Crippen MR) is 98.0 cm³/mol. The number of fused-ring (bicyclic) bond motifs is 3. The maximum absolute atomic E-state index is 5.94. The van der Waals surface area contributed by atoms with Gasteiger partial charge in [0.2, 0.25) is 0 Å². The Labute approximate surface area is 148 Å². The zero-order valence-corrected chi connectivity index (χ0v) is 13.7. The number of pyridine rings is 1. The zero-order valence-electron chi connectivity index (χ0n) is 13.7. The molecular weight excluding hydrogens is 328 g/mol. The maximum atomic E-state index is 5.94. The van der Waals surface area contributed by atoms with Crippen LogP contribution in [0, 0.1) is 0 Å². The minimum absolute atomic E-state index is 0.583. The topological polar surface area (TPSA) is 81.7 Å². The molecule has 4 aromatic heterocycles. The van der Waals surface area contributed by atoms with Gasteiger partial charge in [-0.05, 0) is 35.9 Å². The monoisotopic (exact) mass is 342 g/mol. The first-order chi connectivity index (χ1) is 12.9. The van der Waals surface area contributed by atoms with Gasteiger partial charge in [0.25, 0.3) is 0 Å². The number of nitrogens with one attached hydrogen (secondary N) is 1. The van der Waals surface area contributed by atoms with Crippen LogP contribution in [0.5, 0.6) is 0 Å². The zero-order chi connectivity index (χ0) is 17.3. The lowest BCUT2D eigenvalue weighted by molar-refractivity contribution is 0.666. The van der Waals surface area contributed by atoms with Crippen LogP contribution in [0.15, 0.2) is 71.8 Å². The molecule has 0 atom stereocenters. The van der Waals surface area contributed by atoms with E-state index in [4.69, 9.17) is 4.42 Å². The van der Waals surface area contributed by atoms with Gasteiger partial charge < -0.3 is 9.73 Å². The molecule has 4 heterocycles. The van der Waals surface area contributed by atoms with Gasteiger partial charge in [-0.15, -0.1) is 0 Å². The fourth-order valence-electron chi connectivity index (χ4n) is 2.94. The summed E-state index contributed by atoms with van der Waals surface area (Å²) < 4.78 is 7.67. The fourth-order valence-corrected chi connectivity index (χ4v) is 2.94. The van der Waals surface area contributed by atoms with E-state index < -0.39 is 0 Å². The Morgan fingerprint density at radius 1 is 1.00 bits per heavy atom. The quantitative estimate of drug-likeness (QED) is 0.538. The van der Waals surface area contributed by atoms with Gasteiger partial charge >= 0.3 is 0 Å². The van der Waals surface area contributed by atoms with E-state index in [2.05, 4.69) is 25.4 Å². The van der Waals surface area contributed by atoms with Crippen molar-refractivity contribution in [3.05, 3.63) is 72.9 Å². The second kappa shape index (κ2) is 5.96. The van der Waals surface area contributed by atoms with Gasteiger partial charge in [-0.3, -0.25) is 0 Å². The van der Waals surface area contributed by atoms with Crippen LogP contribution < -0.4 is 5.32 Å². The highest BCUT2D eigenvalue weighted by molar-refractivity contribution is 6.05. The summed E-state index contributed by atoms with van der Waals surface area (Å²) in [4.78, 5) is 13.1. The summed E-state index contributed by atoms with van der Waals surface area (Å²) in [7, 11) is 0. The molecule has 0 unspecified atom stereocenters. The Morgan fingerprint density at radius 2 is 1.96 bits per heavy atom. The minimum Gasteiger partial charge on any atom is -0.450 e. The number of hydrogen-bond donors (Lipinski definition) is 1. The predicted octanol–water partition coefficient (Wildman–Crippen LogP) is 3.57. The third-order valence-corrected chi connectivity index (χ3v) is 4.17. The second-order valence-corrected chi connectivity index (χ2v) is 5.82. The highest BCUT2D eigenvalue weighted by Crippen LogP contribution is 2.30. The molecule has 0 aliphatic heterocycles. The van der Waals surface area contributed by atoms with E-state index in [1.807, 2.05) is 48.7 Å². The van der Waals surface area contributed by atoms with Crippen molar-refractivity contribution in [2.45, 2.75) is 6.54 Å². The van der Waals surface area contributed by atoms with E-state index >= 15 is 0 Å². The molecule has 0 aliphatic rings. The summed E-state index contributed by atoms with van der Waals surface area (Å²) in [5.41, 5.74) is 3.34. The summed E-state index contributed by atoms with van der Waals surface area (Å²) >= 11 is 0. The number of aromatic nitrogens is 5. The number of furan rings is 1. The van der Waals surface area contributed by atoms with E-state index in [1.54, 1.807) is 23.4 Å². The van der Waals surface area contributed by atoms with Gasteiger partial charge in [-0.2, -0.15) is 5.10 Å². The van der Waals surface area contributed by atoms with Crippen molar-refractivity contribution in [1.29, 1.82) is 0 Å². The molecule has 5 rings (SSSR count). The summed E-state index contributed by atoms with van der Waals surface area (Å²) in [5.74, 6) is 1.44. The van der Waals surface area contributed by atoms with E-state index in [9.17, 15) is 0 Å². The third-order valence-electron chi connectivity index (χ3n) is 4.17. The van der Waals surface area contributed by atoms with E-state index in [1.165, 1.54) is 0 Å². The number of para-hydroxylation sites is 1. The Hall–Kier alpha value is -3.74. The van der Waals surface area contributed by atoms with Crippen molar-refractivity contribution in [1.82, 2.24) is 24.7 Å². The second-order valence-electron chi connectivity index (χ2n) is 5.82. The summed E-state index contributed by atoms with van der Waals surface area (Å²) in [5, 5.41) is 8.53. The number of rotatable bonds is 4. The van der Waals surface area contributed by atoms with Crippen LogP contribution >= 0.6 is 0 Å². The smallest absolute Gasteiger partial charge is 0.196 e. The van der Waals surface area contributed by atoms with Crippen LogP contribution in [-0.4, -0.2) is 24.7 Å². The number of anilines is 1. The van der Waals surface area contributed by atoms with Crippen molar-refractivity contribution < 1.29 is 4.42 Å².